The summed E-state index contributed by atoms with van der Waals surface area (Å²) in [6.07, 6.45) is -3.80. The highest BCUT2D eigenvalue weighted by Gasteiger charge is 2.35. The summed E-state index contributed by atoms with van der Waals surface area (Å²) in [6.45, 7) is 2.24. The molecule has 1 N–H and O–H groups in total. The molecule has 0 aliphatic carbocycles. The second-order valence-electron chi connectivity index (χ2n) is 6.37. The maximum absolute atomic E-state index is 13.5. The fourth-order valence-corrected chi connectivity index (χ4v) is 3.94. The molecule has 1 aliphatic heterocycles. The Balaban J connectivity index is 2.33. The molecule has 0 bridgehead atoms. The highest BCUT2D eigenvalue weighted by Crippen LogP contribution is 2.39. The number of nitriles is 1. The minimum absolute atomic E-state index is 0.00978. The van der Waals surface area contributed by atoms with Crippen LogP contribution < -0.4 is 10.2 Å². The number of nitrogens with one attached hydrogen (secondary N) is 1. The highest BCUT2D eigenvalue weighted by atomic mass is 32.2. The number of alkyl halides is 3. The molecule has 2 aromatic rings. The van der Waals surface area contributed by atoms with Crippen LogP contribution in [-0.4, -0.2) is 45.8 Å². The number of rotatable bonds is 3. The third kappa shape index (κ3) is 3.95. The first kappa shape index (κ1) is 20.1. The zero-order valence-electron chi connectivity index (χ0n) is 14.9. The molecule has 0 amide bonds. The van der Waals surface area contributed by atoms with Crippen molar-refractivity contribution in [2.45, 2.75) is 11.1 Å². The molecule has 1 aromatic heterocycles. The summed E-state index contributed by atoms with van der Waals surface area (Å²) in [5.74, 6) is 0.184. The number of hydrogen-bond donors (Lipinski definition) is 1. The van der Waals surface area contributed by atoms with Crippen LogP contribution >= 0.6 is 0 Å². The third-order valence-electron chi connectivity index (χ3n) is 4.39. The van der Waals surface area contributed by atoms with Gasteiger partial charge in [-0.1, -0.05) is 18.2 Å². The summed E-state index contributed by atoms with van der Waals surface area (Å²) >= 11 is 0. The van der Waals surface area contributed by atoms with Crippen molar-refractivity contribution < 1.29 is 21.6 Å². The lowest BCUT2D eigenvalue weighted by atomic mass is 10.0. The SMILES string of the molecule is CS(=O)(=O)c1cc(C#N)c(N2CCNCC2)nc1-c1ccccc1C(F)(F)F. The summed E-state index contributed by atoms with van der Waals surface area (Å²) < 4.78 is 65.1. The molecule has 0 unspecified atom stereocenters. The van der Waals surface area contributed by atoms with E-state index in [4.69, 9.17) is 0 Å². The molecule has 1 fully saturated rings. The van der Waals surface area contributed by atoms with E-state index in [2.05, 4.69) is 10.3 Å². The van der Waals surface area contributed by atoms with Crippen molar-refractivity contribution in [1.82, 2.24) is 10.3 Å². The maximum Gasteiger partial charge on any atom is 0.417 e. The fraction of sp³-hybridized carbons (Fsp3) is 0.333. The van der Waals surface area contributed by atoms with Gasteiger partial charge in [0.1, 0.15) is 11.9 Å². The van der Waals surface area contributed by atoms with Gasteiger partial charge in [-0.3, -0.25) is 0 Å². The molecule has 10 heteroatoms. The Morgan fingerprint density at radius 2 is 1.86 bits per heavy atom. The van der Waals surface area contributed by atoms with Crippen molar-refractivity contribution in [3.63, 3.8) is 0 Å². The van der Waals surface area contributed by atoms with Gasteiger partial charge in [0.25, 0.3) is 0 Å². The standard InChI is InChI=1S/C18H17F3N4O2S/c1-28(26,27)15-10-12(11-22)17(25-8-6-23-7-9-25)24-16(15)13-4-2-3-5-14(13)18(19,20)21/h2-5,10,23H,6-9H2,1H3. The number of aromatic nitrogens is 1. The van der Waals surface area contributed by atoms with Gasteiger partial charge in [-0.2, -0.15) is 18.4 Å². The van der Waals surface area contributed by atoms with Crippen LogP contribution in [0.15, 0.2) is 35.2 Å². The van der Waals surface area contributed by atoms with Gasteiger partial charge < -0.3 is 10.2 Å². The molecule has 0 radical (unpaired) electrons. The number of hydrogen-bond acceptors (Lipinski definition) is 6. The zero-order chi connectivity index (χ0) is 20.5. The normalized spacial score (nSPS) is 15.3. The Kier molecular flexibility index (Phi) is 5.32. The molecule has 28 heavy (non-hydrogen) atoms. The van der Waals surface area contributed by atoms with Crippen LogP contribution in [0.2, 0.25) is 0 Å². The van der Waals surface area contributed by atoms with Crippen molar-refractivity contribution >= 4 is 15.7 Å². The lowest BCUT2D eigenvalue weighted by molar-refractivity contribution is -0.137. The minimum Gasteiger partial charge on any atom is -0.353 e. The first-order chi connectivity index (χ1) is 13.1. The third-order valence-corrected chi connectivity index (χ3v) is 5.50. The van der Waals surface area contributed by atoms with Gasteiger partial charge in [-0.25, -0.2) is 13.4 Å². The van der Waals surface area contributed by atoms with E-state index in [9.17, 15) is 26.9 Å². The Morgan fingerprint density at radius 3 is 2.43 bits per heavy atom. The Bertz CT molecular complexity index is 1040. The average Bonchev–Trinajstić information content (AvgIpc) is 2.66. The number of pyridine rings is 1. The van der Waals surface area contributed by atoms with Crippen molar-refractivity contribution in [1.29, 1.82) is 5.26 Å². The van der Waals surface area contributed by atoms with E-state index in [1.807, 2.05) is 6.07 Å². The Morgan fingerprint density at radius 1 is 1.21 bits per heavy atom. The van der Waals surface area contributed by atoms with Gasteiger partial charge in [0, 0.05) is 38.0 Å². The van der Waals surface area contributed by atoms with Gasteiger partial charge in [0.05, 0.1) is 21.7 Å². The average molecular weight is 410 g/mol. The number of piperazine rings is 1. The van der Waals surface area contributed by atoms with Gasteiger partial charge in [-0.05, 0) is 12.1 Å². The summed E-state index contributed by atoms with van der Waals surface area (Å²) in [7, 11) is -3.94. The zero-order valence-corrected chi connectivity index (χ0v) is 15.7. The molecule has 1 saturated heterocycles. The van der Waals surface area contributed by atoms with Crippen LogP contribution in [0.3, 0.4) is 0 Å². The van der Waals surface area contributed by atoms with Crippen LogP contribution in [-0.2, 0) is 16.0 Å². The van der Waals surface area contributed by atoms with Crippen LogP contribution in [0.4, 0.5) is 19.0 Å². The van der Waals surface area contributed by atoms with E-state index in [1.165, 1.54) is 18.2 Å². The van der Waals surface area contributed by atoms with E-state index >= 15 is 0 Å². The lowest BCUT2D eigenvalue weighted by Gasteiger charge is -2.29. The molecule has 148 valence electrons. The summed E-state index contributed by atoms with van der Waals surface area (Å²) in [6, 6.07) is 7.72. The second-order valence-corrected chi connectivity index (χ2v) is 8.35. The van der Waals surface area contributed by atoms with Crippen molar-refractivity contribution in [2.24, 2.45) is 0 Å². The largest absolute Gasteiger partial charge is 0.417 e. The van der Waals surface area contributed by atoms with Crippen LogP contribution in [0, 0.1) is 11.3 Å². The topological polar surface area (TPSA) is 86.1 Å². The second kappa shape index (κ2) is 7.41. The molecule has 1 aromatic carbocycles. The number of anilines is 1. The summed E-state index contributed by atoms with van der Waals surface area (Å²) in [4.78, 5) is 5.64. The quantitative estimate of drug-likeness (QED) is 0.837. The summed E-state index contributed by atoms with van der Waals surface area (Å²) in [5.41, 5.74) is -1.61. The predicted molar refractivity (Wildman–Crippen MR) is 97.6 cm³/mol. The summed E-state index contributed by atoms with van der Waals surface area (Å²) in [5, 5.41) is 12.6. The van der Waals surface area contributed by atoms with E-state index in [0.29, 0.717) is 26.2 Å². The Labute approximate surface area is 160 Å². The number of sulfone groups is 1. The number of halogens is 3. The van der Waals surface area contributed by atoms with E-state index in [1.54, 1.807) is 4.90 Å². The van der Waals surface area contributed by atoms with E-state index < -0.39 is 26.5 Å². The molecule has 0 spiro atoms. The van der Waals surface area contributed by atoms with Crippen LogP contribution in [0.1, 0.15) is 11.1 Å². The molecule has 1 aliphatic rings. The van der Waals surface area contributed by atoms with Crippen LogP contribution in [0.5, 0.6) is 0 Å². The van der Waals surface area contributed by atoms with E-state index in [-0.39, 0.29) is 22.6 Å². The molecular weight excluding hydrogens is 393 g/mol. The van der Waals surface area contributed by atoms with Crippen molar-refractivity contribution in [3.8, 4) is 17.3 Å². The highest BCUT2D eigenvalue weighted by molar-refractivity contribution is 7.90. The Hall–Kier alpha value is -2.64. The molecule has 0 saturated carbocycles. The number of nitrogens with zero attached hydrogens (tertiary/aromatic N) is 3. The van der Waals surface area contributed by atoms with Crippen molar-refractivity contribution in [2.75, 3.05) is 37.3 Å². The van der Waals surface area contributed by atoms with Gasteiger partial charge in [0.2, 0.25) is 0 Å². The maximum atomic E-state index is 13.5. The minimum atomic E-state index is -4.68. The molecule has 6 nitrogen and oxygen atoms in total. The molecule has 2 heterocycles. The lowest BCUT2D eigenvalue weighted by Crippen LogP contribution is -2.44. The molecular formula is C18H17F3N4O2S. The van der Waals surface area contributed by atoms with Gasteiger partial charge in [0.15, 0.2) is 9.84 Å². The van der Waals surface area contributed by atoms with Gasteiger partial charge in [-0.15, -0.1) is 0 Å². The fourth-order valence-electron chi connectivity index (χ4n) is 3.10. The smallest absolute Gasteiger partial charge is 0.353 e. The predicted octanol–water partition coefficient (Wildman–Crippen LogP) is 2.45. The molecule has 3 rings (SSSR count). The monoisotopic (exact) mass is 410 g/mol. The molecule has 0 atom stereocenters. The van der Waals surface area contributed by atoms with Gasteiger partial charge >= 0.3 is 6.18 Å². The first-order valence-electron chi connectivity index (χ1n) is 8.40. The van der Waals surface area contributed by atoms with Crippen LogP contribution in [0.25, 0.3) is 11.3 Å². The van der Waals surface area contributed by atoms with E-state index in [0.717, 1.165) is 18.4 Å². The number of benzene rings is 1. The first-order valence-corrected chi connectivity index (χ1v) is 10.3. The van der Waals surface area contributed by atoms with Crippen molar-refractivity contribution in [3.05, 3.63) is 41.5 Å².